The smallest absolute Gasteiger partial charge is 0.236 e. The highest BCUT2D eigenvalue weighted by Crippen LogP contribution is 2.29. The molecule has 1 amide bonds. The first kappa shape index (κ1) is 22.1. The van der Waals surface area contributed by atoms with Gasteiger partial charge < -0.3 is 20.7 Å². The lowest BCUT2D eigenvalue weighted by atomic mass is 10.3. The predicted molar refractivity (Wildman–Crippen MR) is 138 cm³/mol. The number of para-hydroxylation sites is 1. The van der Waals surface area contributed by atoms with E-state index >= 15 is 0 Å². The number of thiocarbonyl (C=S) groups is 1. The fourth-order valence-electron chi connectivity index (χ4n) is 2.87. The van der Waals surface area contributed by atoms with Crippen molar-refractivity contribution in [1.82, 2.24) is 4.98 Å². The number of hydrogen-bond acceptors (Lipinski definition) is 6. The maximum atomic E-state index is 12.4. The van der Waals surface area contributed by atoms with Crippen LogP contribution in [0.25, 0.3) is 10.2 Å². The molecule has 1 aromatic heterocycles. The molecule has 1 heterocycles. The third-order valence-electron chi connectivity index (χ3n) is 4.34. The Morgan fingerprint density at radius 1 is 1.00 bits per heavy atom. The standard InChI is InChI=1S/C23H20N4O2S3/c1-29-17-10-11-19-20(13-17)32-23(26-19)27-21(28)14-31-18-9-5-8-16(12-18)25-22(30)24-15-6-3-2-4-7-15/h2-13H,14H2,1H3,(H2,24,25,30)(H,26,27,28). The maximum absolute atomic E-state index is 12.4. The molecule has 0 atom stereocenters. The number of thiazole rings is 1. The zero-order valence-electron chi connectivity index (χ0n) is 17.1. The molecule has 4 aromatic rings. The molecule has 6 nitrogen and oxygen atoms in total. The number of methoxy groups -OCH3 is 1. The molecular formula is C23H20N4O2S3. The Hall–Kier alpha value is -3.14. The second-order valence-electron chi connectivity index (χ2n) is 6.66. The van der Waals surface area contributed by atoms with Crippen LogP contribution in [0, 0.1) is 0 Å². The minimum Gasteiger partial charge on any atom is -0.497 e. The number of carbonyl (C=O) groups is 1. The molecule has 0 aliphatic rings. The van der Waals surface area contributed by atoms with E-state index in [1.807, 2.05) is 72.8 Å². The van der Waals surface area contributed by atoms with Crippen LogP contribution in [0.2, 0.25) is 0 Å². The summed E-state index contributed by atoms with van der Waals surface area (Å²) in [5, 5.41) is 10.3. The van der Waals surface area contributed by atoms with Gasteiger partial charge in [0.15, 0.2) is 10.2 Å². The summed E-state index contributed by atoms with van der Waals surface area (Å²) in [6.07, 6.45) is 0. The summed E-state index contributed by atoms with van der Waals surface area (Å²) in [5.74, 6) is 0.928. The van der Waals surface area contributed by atoms with Crippen molar-refractivity contribution in [1.29, 1.82) is 0 Å². The summed E-state index contributed by atoms with van der Waals surface area (Å²) in [5.41, 5.74) is 2.60. The van der Waals surface area contributed by atoms with Crippen molar-refractivity contribution >= 4 is 73.1 Å². The first-order valence-electron chi connectivity index (χ1n) is 9.69. The molecule has 9 heteroatoms. The van der Waals surface area contributed by atoms with E-state index in [1.54, 1.807) is 7.11 Å². The SMILES string of the molecule is COc1ccc2nc(NC(=O)CSc3cccc(NC(=S)Nc4ccccc4)c3)sc2c1. The summed E-state index contributed by atoms with van der Waals surface area (Å²) >= 11 is 8.25. The monoisotopic (exact) mass is 480 g/mol. The summed E-state index contributed by atoms with van der Waals surface area (Å²) < 4.78 is 6.20. The molecule has 3 N–H and O–H groups in total. The van der Waals surface area contributed by atoms with Gasteiger partial charge in [-0.25, -0.2) is 4.98 Å². The number of hydrogen-bond donors (Lipinski definition) is 3. The highest BCUT2D eigenvalue weighted by atomic mass is 32.2. The van der Waals surface area contributed by atoms with E-state index < -0.39 is 0 Å². The van der Waals surface area contributed by atoms with Crippen LogP contribution in [0.1, 0.15) is 0 Å². The summed E-state index contributed by atoms with van der Waals surface area (Å²) in [7, 11) is 1.62. The normalized spacial score (nSPS) is 10.5. The number of nitrogens with zero attached hydrogens (tertiary/aromatic N) is 1. The van der Waals surface area contributed by atoms with Gasteiger partial charge in [0.05, 0.1) is 23.1 Å². The molecule has 0 saturated heterocycles. The van der Waals surface area contributed by atoms with E-state index in [2.05, 4.69) is 20.9 Å². The van der Waals surface area contributed by atoms with Crippen molar-refractivity contribution in [3.63, 3.8) is 0 Å². The fourth-order valence-corrected chi connectivity index (χ4v) is 4.77. The zero-order valence-corrected chi connectivity index (χ0v) is 19.6. The molecule has 162 valence electrons. The molecule has 3 aromatic carbocycles. The molecule has 0 bridgehead atoms. The summed E-state index contributed by atoms with van der Waals surface area (Å²) in [4.78, 5) is 17.8. The molecule has 0 fully saturated rings. The molecule has 0 radical (unpaired) electrons. The van der Waals surface area contributed by atoms with Crippen molar-refractivity contribution in [2.75, 3.05) is 28.8 Å². The Morgan fingerprint density at radius 2 is 1.78 bits per heavy atom. The van der Waals surface area contributed by atoms with Crippen LogP contribution in [0.15, 0.2) is 77.7 Å². The minimum absolute atomic E-state index is 0.111. The van der Waals surface area contributed by atoms with Crippen LogP contribution >= 0.6 is 35.3 Å². The number of ether oxygens (including phenoxy) is 1. The number of thioether (sulfide) groups is 1. The number of benzene rings is 3. The molecule has 0 aliphatic heterocycles. The first-order valence-corrected chi connectivity index (χ1v) is 11.9. The van der Waals surface area contributed by atoms with Gasteiger partial charge in [-0.2, -0.15) is 0 Å². The topological polar surface area (TPSA) is 75.3 Å². The third kappa shape index (κ3) is 5.97. The van der Waals surface area contributed by atoms with Crippen LogP contribution in [0.3, 0.4) is 0 Å². The number of fused-ring (bicyclic) bond motifs is 1. The van der Waals surface area contributed by atoms with Crippen LogP contribution < -0.4 is 20.7 Å². The Morgan fingerprint density at radius 3 is 2.59 bits per heavy atom. The first-order chi connectivity index (χ1) is 15.6. The molecular weight excluding hydrogens is 460 g/mol. The highest BCUT2D eigenvalue weighted by Gasteiger charge is 2.10. The number of anilines is 3. The van der Waals surface area contributed by atoms with Crippen molar-refractivity contribution in [2.45, 2.75) is 4.90 Å². The lowest BCUT2D eigenvalue weighted by molar-refractivity contribution is -0.113. The van der Waals surface area contributed by atoms with Gasteiger partial charge in [0, 0.05) is 16.3 Å². The lowest BCUT2D eigenvalue weighted by Gasteiger charge is -2.11. The van der Waals surface area contributed by atoms with Gasteiger partial charge in [-0.15, -0.1) is 11.8 Å². The van der Waals surface area contributed by atoms with E-state index in [4.69, 9.17) is 17.0 Å². The maximum Gasteiger partial charge on any atom is 0.236 e. The predicted octanol–water partition coefficient (Wildman–Crippen LogP) is 5.84. The van der Waals surface area contributed by atoms with Crippen LogP contribution in [0.5, 0.6) is 5.75 Å². The molecule has 0 aliphatic carbocycles. The second kappa shape index (κ2) is 10.4. The third-order valence-corrected chi connectivity index (χ3v) is 6.47. The lowest BCUT2D eigenvalue weighted by Crippen LogP contribution is -2.19. The number of amides is 1. The van der Waals surface area contributed by atoms with E-state index in [1.165, 1.54) is 23.1 Å². The minimum atomic E-state index is -0.111. The van der Waals surface area contributed by atoms with Gasteiger partial charge in [0.1, 0.15) is 5.75 Å². The Labute approximate surface area is 199 Å². The van der Waals surface area contributed by atoms with E-state index in [0.717, 1.165) is 32.2 Å². The van der Waals surface area contributed by atoms with Crippen molar-refractivity contribution < 1.29 is 9.53 Å². The Bertz CT molecular complexity index is 1240. The van der Waals surface area contributed by atoms with Gasteiger partial charge in [-0.05, 0) is 60.7 Å². The molecule has 0 spiro atoms. The molecule has 32 heavy (non-hydrogen) atoms. The van der Waals surface area contributed by atoms with Gasteiger partial charge in [0.2, 0.25) is 5.91 Å². The molecule has 0 saturated carbocycles. The van der Waals surface area contributed by atoms with Crippen molar-refractivity contribution in [2.24, 2.45) is 0 Å². The summed E-state index contributed by atoms with van der Waals surface area (Å²) in [6, 6.07) is 23.1. The largest absolute Gasteiger partial charge is 0.497 e. The quantitative estimate of drug-likeness (QED) is 0.226. The fraction of sp³-hybridized carbons (Fsp3) is 0.0870. The van der Waals surface area contributed by atoms with Gasteiger partial charge in [-0.1, -0.05) is 35.6 Å². The molecule has 4 rings (SSSR count). The average molecular weight is 481 g/mol. The number of aromatic nitrogens is 1. The van der Waals surface area contributed by atoms with Crippen LogP contribution in [0.4, 0.5) is 16.5 Å². The van der Waals surface area contributed by atoms with Crippen molar-refractivity contribution in [3.05, 3.63) is 72.8 Å². The summed E-state index contributed by atoms with van der Waals surface area (Å²) in [6.45, 7) is 0. The average Bonchev–Trinajstić information content (AvgIpc) is 3.19. The molecule has 0 unspecified atom stereocenters. The zero-order chi connectivity index (χ0) is 22.3. The van der Waals surface area contributed by atoms with E-state index in [0.29, 0.717) is 10.2 Å². The van der Waals surface area contributed by atoms with Crippen LogP contribution in [-0.2, 0) is 4.79 Å². The highest BCUT2D eigenvalue weighted by molar-refractivity contribution is 8.00. The van der Waals surface area contributed by atoms with Crippen LogP contribution in [-0.4, -0.2) is 28.9 Å². The van der Waals surface area contributed by atoms with Gasteiger partial charge in [0.25, 0.3) is 0 Å². The Balaban J connectivity index is 1.30. The number of carbonyl (C=O) groups excluding carboxylic acids is 1. The number of rotatable bonds is 7. The second-order valence-corrected chi connectivity index (χ2v) is 9.15. The van der Waals surface area contributed by atoms with E-state index in [-0.39, 0.29) is 11.7 Å². The Kier molecular flexibility index (Phi) is 7.21. The van der Waals surface area contributed by atoms with Gasteiger partial charge in [-0.3, -0.25) is 4.79 Å². The van der Waals surface area contributed by atoms with Gasteiger partial charge >= 0.3 is 0 Å². The van der Waals surface area contributed by atoms with Crippen molar-refractivity contribution in [3.8, 4) is 5.75 Å². The van der Waals surface area contributed by atoms with E-state index in [9.17, 15) is 4.79 Å². The number of nitrogens with one attached hydrogen (secondary N) is 3.